The Hall–Kier alpha value is -2.02. The number of amidine groups is 1. The number of hydrogen-bond acceptors (Lipinski definition) is 5. The molecule has 2 fully saturated rings. The van der Waals surface area contributed by atoms with Crippen molar-refractivity contribution in [3.63, 3.8) is 0 Å². The fourth-order valence-corrected chi connectivity index (χ4v) is 4.30. The Bertz CT molecular complexity index is 698. The third-order valence-corrected chi connectivity index (χ3v) is 5.84. The lowest BCUT2D eigenvalue weighted by atomic mass is 10.1. The Balaban J connectivity index is 1.40. The Kier molecular flexibility index (Phi) is 4.65. The lowest BCUT2D eigenvalue weighted by molar-refractivity contribution is -0.125. The van der Waals surface area contributed by atoms with Crippen LogP contribution in [-0.2, 0) is 9.59 Å². The van der Waals surface area contributed by atoms with Crippen molar-refractivity contribution in [3.05, 3.63) is 24.3 Å². The van der Waals surface area contributed by atoms with E-state index in [4.69, 9.17) is 0 Å². The first kappa shape index (κ1) is 16.4. The smallest absolute Gasteiger partial charge is 0.231 e. The fraction of sp³-hybridized carbons (Fsp3) is 0.500. The summed E-state index contributed by atoms with van der Waals surface area (Å²) in [5.41, 5.74) is 2.08. The fourth-order valence-electron chi connectivity index (χ4n) is 3.57. The number of amides is 2. The van der Waals surface area contributed by atoms with Gasteiger partial charge >= 0.3 is 0 Å². The Morgan fingerprint density at radius 2 is 1.88 bits per heavy atom. The van der Waals surface area contributed by atoms with Crippen molar-refractivity contribution < 1.29 is 9.59 Å². The first-order valence-corrected chi connectivity index (χ1v) is 9.83. The van der Waals surface area contributed by atoms with Gasteiger partial charge in [-0.2, -0.15) is 0 Å². The maximum absolute atomic E-state index is 12.4. The maximum atomic E-state index is 12.4. The summed E-state index contributed by atoms with van der Waals surface area (Å²) in [5.74, 6) is 0.511. The van der Waals surface area contributed by atoms with E-state index in [1.165, 1.54) is 18.5 Å². The molecule has 3 aliphatic rings. The third kappa shape index (κ3) is 3.51. The zero-order chi connectivity index (χ0) is 17.2. The molecule has 0 radical (unpaired) electrons. The second-order valence-corrected chi connectivity index (χ2v) is 7.72. The molecule has 1 unspecified atom stereocenters. The first-order valence-electron chi connectivity index (χ1n) is 8.84. The monoisotopic (exact) mass is 358 g/mol. The summed E-state index contributed by atoms with van der Waals surface area (Å²) >= 11 is 1.56. The van der Waals surface area contributed by atoms with Gasteiger partial charge in [-0.05, 0) is 37.1 Å². The summed E-state index contributed by atoms with van der Waals surface area (Å²) in [4.78, 5) is 33.1. The molecule has 3 aliphatic heterocycles. The molecule has 3 heterocycles. The number of benzene rings is 1. The van der Waals surface area contributed by atoms with E-state index in [0.29, 0.717) is 11.7 Å². The molecule has 0 aromatic heterocycles. The molecule has 7 heteroatoms. The standard InChI is InChI=1S/C18H22N4O2S/c23-16-11-13(17(24)20-18-19-7-10-25-18)12-22(16)15-5-3-14(4-6-15)21-8-1-2-9-21/h3-6,13H,1-2,7-12H2,(H,19,20,24). The van der Waals surface area contributed by atoms with Gasteiger partial charge in [-0.15, -0.1) is 0 Å². The average molecular weight is 358 g/mol. The molecule has 1 atom stereocenters. The van der Waals surface area contributed by atoms with E-state index >= 15 is 0 Å². The van der Waals surface area contributed by atoms with Gasteiger partial charge in [0.1, 0.15) is 0 Å². The summed E-state index contributed by atoms with van der Waals surface area (Å²) in [6.45, 7) is 3.39. The van der Waals surface area contributed by atoms with Crippen LogP contribution in [0.5, 0.6) is 0 Å². The van der Waals surface area contributed by atoms with Gasteiger partial charge in [-0.1, -0.05) is 11.8 Å². The summed E-state index contributed by atoms with van der Waals surface area (Å²) in [6, 6.07) is 8.13. The van der Waals surface area contributed by atoms with Crippen LogP contribution in [0.4, 0.5) is 11.4 Å². The SMILES string of the molecule is O=C(NC1=NCCS1)C1CC(=O)N(c2ccc(N3CCCC3)cc2)C1. The van der Waals surface area contributed by atoms with Gasteiger partial charge < -0.3 is 15.1 Å². The van der Waals surface area contributed by atoms with Crippen LogP contribution >= 0.6 is 11.8 Å². The van der Waals surface area contributed by atoms with E-state index < -0.39 is 0 Å². The topological polar surface area (TPSA) is 65.0 Å². The second-order valence-electron chi connectivity index (χ2n) is 6.64. The number of rotatable bonds is 3. The van der Waals surface area contributed by atoms with Gasteiger partial charge in [-0.3, -0.25) is 14.6 Å². The normalized spacial score (nSPS) is 23.3. The van der Waals surface area contributed by atoms with Crippen molar-refractivity contribution in [2.45, 2.75) is 19.3 Å². The van der Waals surface area contributed by atoms with E-state index in [1.54, 1.807) is 16.7 Å². The molecule has 132 valence electrons. The predicted molar refractivity (Wildman–Crippen MR) is 101 cm³/mol. The van der Waals surface area contributed by atoms with Gasteiger partial charge in [0.25, 0.3) is 0 Å². The maximum Gasteiger partial charge on any atom is 0.231 e. The Labute approximate surface area is 151 Å². The number of nitrogens with one attached hydrogen (secondary N) is 1. The summed E-state index contributed by atoms with van der Waals surface area (Å²) in [6.07, 6.45) is 2.75. The molecule has 25 heavy (non-hydrogen) atoms. The minimum Gasteiger partial charge on any atom is -0.372 e. The molecule has 6 nitrogen and oxygen atoms in total. The number of carbonyl (C=O) groups is 2. The van der Waals surface area contributed by atoms with E-state index in [-0.39, 0.29) is 24.2 Å². The minimum absolute atomic E-state index is 0.00934. The van der Waals surface area contributed by atoms with Crippen LogP contribution in [0.25, 0.3) is 0 Å². The highest BCUT2D eigenvalue weighted by atomic mass is 32.2. The van der Waals surface area contributed by atoms with Crippen molar-refractivity contribution >= 4 is 40.1 Å². The summed E-state index contributed by atoms with van der Waals surface area (Å²) in [5, 5.41) is 3.53. The third-order valence-electron chi connectivity index (χ3n) is 4.94. The number of carbonyl (C=O) groups excluding carboxylic acids is 2. The van der Waals surface area contributed by atoms with Crippen molar-refractivity contribution in [1.29, 1.82) is 0 Å². The predicted octanol–water partition coefficient (Wildman–Crippen LogP) is 1.86. The summed E-state index contributed by atoms with van der Waals surface area (Å²) < 4.78 is 0. The Morgan fingerprint density at radius 3 is 2.56 bits per heavy atom. The van der Waals surface area contributed by atoms with Crippen LogP contribution < -0.4 is 15.1 Å². The molecular formula is C18H22N4O2S. The largest absolute Gasteiger partial charge is 0.372 e. The van der Waals surface area contributed by atoms with E-state index in [9.17, 15) is 9.59 Å². The van der Waals surface area contributed by atoms with Gasteiger partial charge in [0.05, 0.1) is 12.5 Å². The van der Waals surface area contributed by atoms with Crippen LogP contribution in [0.1, 0.15) is 19.3 Å². The molecule has 0 spiro atoms. The zero-order valence-corrected chi connectivity index (χ0v) is 14.9. The number of nitrogens with zero attached hydrogens (tertiary/aromatic N) is 3. The lowest BCUT2D eigenvalue weighted by Crippen LogP contribution is -2.35. The number of thioether (sulfide) groups is 1. The minimum atomic E-state index is -0.311. The van der Waals surface area contributed by atoms with Gasteiger partial charge in [0.2, 0.25) is 11.8 Å². The van der Waals surface area contributed by atoms with Crippen molar-refractivity contribution in [2.75, 3.05) is 41.7 Å². The highest BCUT2D eigenvalue weighted by Crippen LogP contribution is 2.28. The number of anilines is 2. The molecule has 2 amide bonds. The second kappa shape index (κ2) is 7.07. The highest BCUT2D eigenvalue weighted by Gasteiger charge is 2.35. The number of hydrogen-bond donors (Lipinski definition) is 1. The van der Waals surface area contributed by atoms with Crippen LogP contribution in [0, 0.1) is 5.92 Å². The van der Waals surface area contributed by atoms with Crippen LogP contribution in [-0.4, -0.2) is 48.9 Å². The van der Waals surface area contributed by atoms with E-state index in [1.807, 2.05) is 12.1 Å². The van der Waals surface area contributed by atoms with Crippen molar-refractivity contribution in [3.8, 4) is 0 Å². The molecule has 1 N–H and O–H groups in total. The van der Waals surface area contributed by atoms with E-state index in [0.717, 1.165) is 31.1 Å². The molecule has 1 aromatic rings. The average Bonchev–Trinajstić information content (AvgIpc) is 3.37. The Morgan fingerprint density at radius 1 is 1.16 bits per heavy atom. The molecule has 4 rings (SSSR count). The van der Waals surface area contributed by atoms with Gasteiger partial charge in [-0.25, -0.2) is 0 Å². The van der Waals surface area contributed by atoms with Crippen molar-refractivity contribution in [2.24, 2.45) is 10.9 Å². The van der Waals surface area contributed by atoms with Crippen LogP contribution in [0.15, 0.2) is 29.3 Å². The highest BCUT2D eigenvalue weighted by molar-refractivity contribution is 8.14. The molecule has 1 aromatic carbocycles. The first-order chi connectivity index (χ1) is 12.2. The molecular weight excluding hydrogens is 336 g/mol. The quantitative estimate of drug-likeness (QED) is 0.896. The van der Waals surface area contributed by atoms with E-state index in [2.05, 4.69) is 27.3 Å². The lowest BCUT2D eigenvalue weighted by Gasteiger charge is -2.20. The number of aliphatic imine (C=N–C) groups is 1. The van der Waals surface area contributed by atoms with Crippen LogP contribution in [0.3, 0.4) is 0 Å². The van der Waals surface area contributed by atoms with Crippen molar-refractivity contribution in [1.82, 2.24) is 5.32 Å². The summed E-state index contributed by atoms with van der Waals surface area (Å²) in [7, 11) is 0. The van der Waals surface area contributed by atoms with Crippen LogP contribution in [0.2, 0.25) is 0 Å². The van der Waals surface area contributed by atoms with Gasteiger partial charge in [0, 0.05) is 43.2 Å². The molecule has 0 bridgehead atoms. The zero-order valence-electron chi connectivity index (χ0n) is 14.1. The molecule has 0 saturated carbocycles. The molecule has 2 saturated heterocycles. The molecule has 0 aliphatic carbocycles. The van der Waals surface area contributed by atoms with Gasteiger partial charge in [0.15, 0.2) is 5.17 Å².